The summed E-state index contributed by atoms with van der Waals surface area (Å²) in [5, 5.41) is 0. The van der Waals surface area contributed by atoms with Gasteiger partial charge in [0, 0.05) is 19.6 Å². The minimum Gasteiger partial charge on any atom is -0.330 e. The van der Waals surface area contributed by atoms with Gasteiger partial charge < -0.3 is 5.73 Å². The summed E-state index contributed by atoms with van der Waals surface area (Å²) in [6.07, 6.45) is 3.84. The Labute approximate surface area is 118 Å². The van der Waals surface area contributed by atoms with Crippen molar-refractivity contribution in [3.8, 4) is 0 Å². The zero-order chi connectivity index (χ0) is 14.5. The molecule has 0 saturated carbocycles. The maximum absolute atomic E-state index is 12.3. The van der Waals surface area contributed by atoms with Crippen LogP contribution in [0.2, 0.25) is 0 Å². The summed E-state index contributed by atoms with van der Waals surface area (Å²) in [6.45, 7) is 8.44. The predicted molar refractivity (Wildman–Crippen MR) is 79.0 cm³/mol. The highest BCUT2D eigenvalue weighted by atomic mass is 32.2. The number of hydrogen-bond donors (Lipinski definition) is 2. The molecule has 1 aliphatic rings. The van der Waals surface area contributed by atoms with E-state index >= 15 is 0 Å². The number of nitrogens with two attached hydrogens (primary N) is 1. The van der Waals surface area contributed by atoms with Gasteiger partial charge in [-0.1, -0.05) is 20.8 Å². The fraction of sp³-hybridized carbons (Fsp3) is 1.00. The van der Waals surface area contributed by atoms with E-state index in [1.807, 2.05) is 0 Å². The molecule has 0 amide bonds. The van der Waals surface area contributed by atoms with Gasteiger partial charge in [-0.15, -0.1) is 0 Å². The highest BCUT2D eigenvalue weighted by Crippen LogP contribution is 2.24. The molecular formula is C13H29N3O2S. The Bertz CT molecular complexity index is 358. The van der Waals surface area contributed by atoms with Gasteiger partial charge in [0.1, 0.15) is 0 Å². The van der Waals surface area contributed by atoms with Crippen LogP contribution in [0.4, 0.5) is 0 Å². The maximum Gasteiger partial charge on any atom is 0.279 e. The molecule has 6 heteroatoms. The van der Waals surface area contributed by atoms with E-state index in [1.165, 1.54) is 0 Å². The van der Waals surface area contributed by atoms with Crippen LogP contribution >= 0.6 is 0 Å². The molecule has 1 aliphatic heterocycles. The van der Waals surface area contributed by atoms with Gasteiger partial charge in [-0.3, -0.25) is 0 Å². The molecule has 1 saturated heterocycles. The van der Waals surface area contributed by atoms with Crippen LogP contribution in [0.25, 0.3) is 0 Å². The third-order valence-corrected chi connectivity index (χ3v) is 6.04. The van der Waals surface area contributed by atoms with Crippen LogP contribution in [0, 0.1) is 11.3 Å². The fourth-order valence-corrected chi connectivity index (χ4v) is 4.05. The molecule has 114 valence electrons. The van der Waals surface area contributed by atoms with Crippen molar-refractivity contribution < 1.29 is 8.42 Å². The number of hydrogen-bond acceptors (Lipinski definition) is 3. The van der Waals surface area contributed by atoms with Crippen molar-refractivity contribution in [2.45, 2.75) is 46.5 Å². The first-order valence-corrected chi connectivity index (χ1v) is 8.78. The molecule has 3 N–H and O–H groups in total. The lowest BCUT2D eigenvalue weighted by molar-refractivity contribution is 0.257. The molecule has 0 aromatic heterocycles. The Hall–Kier alpha value is -0.170. The molecular weight excluding hydrogens is 262 g/mol. The number of nitrogens with one attached hydrogen (secondary N) is 1. The Morgan fingerprint density at radius 3 is 2.47 bits per heavy atom. The van der Waals surface area contributed by atoms with E-state index in [2.05, 4.69) is 25.5 Å². The number of piperidine rings is 1. The van der Waals surface area contributed by atoms with E-state index in [4.69, 9.17) is 5.73 Å². The number of rotatable bonds is 7. The molecule has 0 bridgehead atoms. The lowest BCUT2D eigenvalue weighted by Gasteiger charge is -2.34. The average molecular weight is 291 g/mol. The molecule has 19 heavy (non-hydrogen) atoms. The molecule has 0 aromatic rings. The van der Waals surface area contributed by atoms with Gasteiger partial charge >= 0.3 is 0 Å². The van der Waals surface area contributed by atoms with Crippen molar-refractivity contribution in [3.63, 3.8) is 0 Å². The third kappa shape index (κ3) is 4.41. The molecule has 0 radical (unpaired) electrons. The summed E-state index contributed by atoms with van der Waals surface area (Å²) >= 11 is 0. The average Bonchev–Trinajstić information content (AvgIpc) is 2.41. The zero-order valence-corrected chi connectivity index (χ0v) is 13.3. The third-order valence-electron chi connectivity index (χ3n) is 4.52. The van der Waals surface area contributed by atoms with Gasteiger partial charge in [0.2, 0.25) is 0 Å². The van der Waals surface area contributed by atoms with E-state index in [-0.39, 0.29) is 5.41 Å². The summed E-state index contributed by atoms with van der Waals surface area (Å²) < 4.78 is 28.9. The molecule has 1 atom stereocenters. The highest BCUT2D eigenvalue weighted by molar-refractivity contribution is 7.87. The summed E-state index contributed by atoms with van der Waals surface area (Å²) in [5.74, 6) is 0.446. The van der Waals surface area contributed by atoms with Crippen LogP contribution < -0.4 is 10.5 Å². The normalized spacial score (nSPS) is 22.6. The first-order chi connectivity index (χ1) is 8.89. The van der Waals surface area contributed by atoms with Gasteiger partial charge in [-0.2, -0.15) is 12.7 Å². The minimum atomic E-state index is -3.35. The van der Waals surface area contributed by atoms with Gasteiger partial charge in [0.25, 0.3) is 10.2 Å². The highest BCUT2D eigenvalue weighted by Gasteiger charge is 2.31. The summed E-state index contributed by atoms with van der Waals surface area (Å²) in [5.41, 5.74) is 5.69. The molecule has 0 aliphatic carbocycles. The topological polar surface area (TPSA) is 75.4 Å². The Balaban J connectivity index is 2.64. The van der Waals surface area contributed by atoms with Crippen molar-refractivity contribution in [3.05, 3.63) is 0 Å². The second kappa shape index (κ2) is 7.02. The lowest BCUT2D eigenvalue weighted by Crippen LogP contribution is -2.49. The van der Waals surface area contributed by atoms with Crippen LogP contribution in [0.15, 0.2) is 0 Å². The molecule has 1 unspecified atom stereocenters. The van der Waals surface area contributed by atoms with Crippen molar-refractivity contribution in [1.82, 2.24) is 9.03 Å². The summed E-state index contributed by atoms with van der Waals surface area (Å²) in [7, 11) is -3.35. The van der Waals surface area contributed by atoms with Crippen molar-refractivity contribution in [1.29, 1.82) is 0 Å². The Morgan fingerprint density at radius 1 is 1.37 bits per heavy atom. The monoisotopic (exact) mass is 291 g/mol. The second-order valence-electron chi connectivity index (χ2n) is 5.84. The quantitative estimate of drug-likeness (QED) is 0.743. The Morgan fingerprint density at radius 2 is 2.00 bits per heavy atom. The maximum atomic E-state index is 12.3. The van der Waals surface area contributed by atoms with E-state index in [1.54, 1.807) is 4.31 Å². The van der Waals surface area contributed by atoms with Gasteiger partial charge in [0.05, 0.1) is 0 Å². The lowest BCUT2D eigenvalue weighted by atomic mass is 9.83. The van der Waals surface area contributed by atoms with Crippen LogP contribution in [-0.4, -0.2) is 38.9 Å². The molecule has 1 heterocycles. The first kappa shape index (κ1) is 16.9. The van der Waals surface area contributed by atoms with E-state index in [0.717, 1.165) is 25.7 Å². The standard InChI is InChI=1S/C13H29N3O2S/c1-4-13(5-2,10-14)11-15-19(17,18)16-8-6-7-12(3)9-16/h12,15H,4-11,14H2,1-3H3. The first-order valence-electron chi connectivity index (χ1n) is 7.34. The fourth-order valence-electron chi connectivity index (χ4n) is 2.56. The van der Waals surface area contributed by atoms with Crippen molar-refractivity contribution in [2.24, 2.45) is 17.1 Å². The molecule has 1 fully saturated rings. The largest absolute Gasteiger partial charge is 0.330 e. The van der Waals surface area contributed by atoms with Gasteiger partial charge in [-0.05, 0) is 43.6 Å². The van der Waals surface area contributed by atoms with Crippen LogP contribution in [-0.2, 0) is 10.2 Å². The second-order valence-corrected chi connectivity index (χ2v) is 7.60. The van der Waals surface area contributed by atoms with Crippen molar-refractivity contribution >= 4 is 10.2 Å². The number of nitrogens with zero attached hydrogens (tertiary/aromatic N) is 1. The zero-order valence-electron chi connectivity index (χ0n) is 12.5. The van der Waals surface area contributed by atoms with Crippen molar-refractivity contribution in [2.75, 3.05) is 26.2 Å². The van der Waals surface area contributed by atoms with Crippen LogP contribution in [0.3, 0.4) is 0 Å². The smallest absolute Gasteiger partial charge is 0.279 e. The molecule has 0 spiro atoms. The summed E-state index contributed by atoms with van der Waals surface area (Å²) in [4.78, 5) is 0. The van der Waals surface area contributed by atoms with E-state index < -0.39 is 10.2 Å². The molecule has 5 nitrogen and oxygen atoms in total. The van der Waals surface area contributed by atoms with Gasteiger partial charge in [0.15, 0.2) is 0 Å². The van der Waals surface area contributed by atoms with Gasteiger partial charge in [-0.25, -0.2) is 4.72 Å². The summed E-state index contributed by atoms with van der Waals surface area (Å²) in [6, 6.07) is 0. The Kier molecular flexibility index (Phi) is 6.23. The molecule has 1 rings (SSSR count). The van der Waals surface area contributed by atoms with E-state index in [9.17, 15) is 8.42 Å². The minimum absolute atomic E-state index is 0.117. The molecule has 0 aromatic carbocycles. The van der Waals surface area contributed by atoms with Crippen LogP contribution in [0.5, 0.6) is 0 Å². The SMILES string of the molecule is CCC(CC)(CN)CNS(=O)(=O)N1CCCC(C)C1. The van der Waals surface area contributed by atoms with E-state index in [0.29, 0.717) is 32.1 Å². The predicted octanol–water partition coefficient (Wildman–Crippen LogP) is 1.32. The van der Waals surface area contributed by atoms with Crippen LogP contribution in [0.1, 0.15) is 46.5 Å².